The molecule has 0 saturated carbocycles. The minimum atomic E-state index is 0.703. The first-order valence-electron chi connectivity index (χ1n) is 4.13. The largest absolute Gasteiger partial charge is 0.399 e. The number of rotatable bonds is 3. The lowest BCUT2D eigenvalue weighted by atomic mass is 10.2. The second-order valence-corrected chi connectivity index (χ2v) is 2.77. The minimum Gasteiger partial charge on any atom is -0.399 e. The molecule has 0 heterocycles. The van der Waals surface area contributed by atoms with Gasteiger partial charge in [0.05, 0.1) is 11.4 Å². The topological polar surface area (TPSA) is 64.1 Å². The van der Waals surface area contributed by atoms with Crippen molar-refractivity contribution in [2.24, 2.45) is 0 Å². The van der Waals surface area contributed by atoms with Crippen molar-refractivity contribution in [2.75, 3.05) is 23.3 Å². The zero-order valence-corrected chi connectivity index (χ0v) is 7.30. The Labute approximate surface area is 72.8 Å². The Hall–Kier alpha value is -1.38. The SMILES string of the molecule is CCCNc1ccc(N)cc1N. The first-order chi connectivity index (χ1) is 5.74. The van der Waals surface area contributed by atoms with Crippen LogP contribution in [0.3, 0.4) is 0 Å². The molecule has 0 aliphatic rings. The standard InChI is InChI=1S/C9H15N3/c1-2-5-12-9-4-3-7(10)6-8(9)11/h3-4,6,12H,2,5,10-11H2,1H3. The number of nitrogens with two attached hydrogens (primary N) is 2. The zero-order chi connectivity index (χ0) is 8.97. The van der Waals surface area contributed by atoms with Gasteiger partial charge in [-0.25, -0.2) is 0 Å². The van der Waals surface area contributed by atoms with Crippen LogP contribution in [0.25, 0.3) is 0 Å². The molecular weight excluding hydrogens is 150 g/mol. The van der Waals surface area contributed by atoms with Crippen LogP contribution in [0.4, 0.5) is 17.1 Å². The summed E-state index contributed by atoms with van der Waals surface area (Å²) in [6.45, 7) is 3.05. The molecule has 0 saturated heterocycles. The molecule has 0 aliphatic heterocycles. The highest BCUT2D eigenvalue weighted by atomic mass is 14.9. The van der Waals surface area contributed by atoms with Crippen molar-refractivity contribution in [3.05, 3.63) is 18.2 Å². The summed E-state index contributed by atoms with van der Waals surface area (Å²) in [6.07, 6.45) is 1.09. The molecule has 66 valence electrons. The Morgan fingerprint density at radius 1 is 1.33 bits per heavy atom. The van der Waals surface area contributed by atoms with Gasteiger partial charge in [0.1, 0.15) is 0 Å². The van der Waals surface area contributed by atoms with Crippen molar-refractivity contribution in [1.29, 1.82) is 0 Å². The summed E-state index contributed by atoms with van der Waals surface area (Å²) in [5.74, 6) is 0. The molecule has 0 aromatic heterocycles. The first kappa shape index (κ1) is 8.71. The summed E-state index contributed by atoms with van der Waals surface area (Å²) in [4.78, 5) is 0. The van der Waals surface area contributed by atoms with Crippen LogP contribution in [0.15, 0.2) is 18.2 Å². The molecular formula is C9H15N3. The zero-order valence-electron chi connectivity index (χ0n) is 7.30. The van der Waals surface area contributed by atoms with E-state index in [0.717, 1.165) is 18.7 Å². The van der Waals surface area contributed by atoms with Gasteiger partial charge < -0.3 is 16.8 Å². The molecule has 3 nitrogen and oxygen atoms in total. The van der Waals surface area contributed by atoms with Crippen molar-refractivity contribution in [3.8, 4) is 0 Å². The molecule has 0 spiro atoms. The van der Waals surface area contributed by atoms with E-state index >= 15 is 0 Å². The van der Waals surface area contributed by atoms with Crippen LogP contribution < -0.4 is 16.8 Å². The Bertz CT molecular complexity index is 258. The maximum Gasteiger partial charge on any atom is 0.0575 e. The molecule has 1 aromatic carbocycles. The molecule has 0 unspecified atom stereocenters. The summed E-state index contributed by atoms with van der Waals surface area (Å²) in [5, 5.41) is 3.21. The maximum atomic E-state index is 5.72. The molecule has 0 aliphatic carbocycles. The smallest absolute Gasteiger partial charge is 0.0575 e. The van der Waals surface area contributed by atoms with Gasteiger partial charge in [-0.2, -0.15) is 0 Å². The molecule has 0 amide bonds. The molecule has 12 heavy (non-hydrogen) atoms. The van der Waals surface area contributed by atoms with E-state index in [1.807, 2.05) is 12.1 Å². The Morgan fingerprint density at radius 3 is 2.67 bits per heavy atom. The Kier molecular flexibility index (Phi) is 2.80. The van der Waals surface area contributed by atoms with Crippen LogP contribution in [0.5, 0.6) is 0 Å². The van der Waals surface area contributed by atoms with Crippen LogP contribution >= 0.6 is 0 Å². The van der Waals surface area contributed by atoms with E-state index in [4.69, 9.17) is 11.5 Å². The summed E-state index contributed by atoms with van der Waals surface area (Å²) < 4.78 is 0. The second-order valence-electron chi connectivity index (χ2n) is 2.77. The minimum absolute atomic E-state index is 0.703. The predicted molar refractivity (Wildman–Crippen MR) is 54.0 cm³/mol. The molecule has 5 N–H and O–H groups in total. The summed E-state index contributed by atoms with van der Waals surface area (Å²) in [7, 11) is 0. The Balaban J connectivity index is 2.72. The third-order valence-electron chi connectivity index (χ3n) is 1.64. The molecule has 1 rings (SSSR count). The molecule has 3 heteroatoms. The fourth-order valence-electron chi connectivity index (χ4n) is 1.00. The normalized spacial score (nSPS) is 9.75. The van der Waals surface area contributed by atoms with Crippen LogP contribution in [0, 0.1) is 0 Å². The van der Waals surface area contributed by atoms with Crippen LogP contribution in [0.1, 0.15) is 13.3 Å². The average Bonchev–Trinajstić information content (AvgIpc) is 2.03. The highest BCUT2D eigenvalue weighted by Crippen LogP contribution is 2.20. The highest BCUT2D eigenvalue weighted by Gasteiger charge is 1.96. The molecule has 0 atom stereocenters. The predicted octanol–water partition coefficient (Wildman–Crippen LogP) is 1.67. The van der Waals surface area contributed by atoms with Gasteiger partial charge in [0, 0.05) is 12.2 Å². The lowest BCUT2D eigenvalue weighted by Gasteiger charge is -2.07. The van der Waals surface area contributed by atoms with Crippen molar-refractivity contribution in [1.82, 2.24) is 0 Å². The maximum absolute atomic E-state index is 5.72. The summed E-state index contributed by atoms with van der Waals surface area (Å²) in [6, 6.07) is 5.51. The van der Waals surface area contributed by atoms with Crippen LogP contribution in [-0.2, 0) is 0 Å². The number of hydrogen-bond donors (Lipinski definition) is 3. The fraction of sp³-hybridized carbons (Fsp3) is 0.333. The summed E-state index contributed by atoms with van der Waals surface area (Å²) in [5.41, 5.74) is 13.6. The van der Waals surface area contributed by atoms with Crippen molar-refractivity contribution in [2.45, 2.75) is 13.3 Å². The molecule has 0 radical (unpaired) electrons. The van der Waals surface area contributed by atoms with Crippen molar-refractivity contribution < 1.29 is 0 Å². The van der Waals surface area contributed by atoms with Crippen LogP contribution in [0.2, 0.25) is 0 Å². The van der Waals surface area contributed by atoms with E-state index in [-0.39, 0.29) is 0 Å². The first-order valence-corrected chi connectivity index (χ1v) is 4.13. The number of nitrogen functional groups attached to an aromatic ring is 2. The second kappa shape index (κ2) is 3.85. The quantitative estimate of drug-likeness (QED) is 0.597. The van der Waals surface area contributed by atoms with E-state index in [2.05, 4.69) is 12.2 Å². The highest BCUT2D eigenvalue weighted by molar-refractivity contribution is 5.70. The van der Waals surface area contributed by atoms with Crippen LogP contribution in [-0.4, -0.2) is 6.54 Å². The number of nitrogens with one attached hydrogen (secondary N) is 1. The lowest BCUT2D eigenvalue weighted by molar-refractivity contribution is 0.980. The van der Waals surface area contributed by atoms with E-state index in [9.17, 15) is 0 Å². The lowest BCUT2D eigenvalue weighted by Crippen LogP contribution is -2.03. The number of hydrogen-bond acceptors (Lipinski definition) is 3. The third kappa shape index (κ3) is 2.05. The number of benzene rings is 1. The van der Waals surface area contributed by atoms with E-state index in [1.165, 1.54) is 0 Å². The van der Waals surface area contributed by atoms with Crippen molar-refractivity contribution in [3.63, 3.8) is 0 Å². The Morgan fingerprint density at radius 2 is 2.08 bits per heavy atom. The number of anilines is 3. The van der Waals surface area contributed by atoms with Gasteiger partial charge in [-0.3, -0.25) is 0 Å². The van der Waals surface area contributed by atoms with Gasteiger partial charge in [0.2, 0.25) is 0 Å². The third-order valence-corrected chi connectivity index (χ3v) is 1.64. The summed E-state index contributed by atoms with van der Waals surface area (Å²) >= 11 is 0. The van der Waals surface area contributed by atoms with Gasteiger partial charge in [0.25, 0.3) is 0 Å². The van der Waals surface area contributed by atoms with E-state index < -0.39 is 0 Å². The fourth-order valence-corrected chi connectivity index (χ4v) is 1.00. The van der Waals surface area contributed by atoms with E-state index in [1.54, 1.807) is 6.07 Å². The molecule has 0 bridgehead atoms. The molecule has 1 aromatic rings. The average molecular weight is 165 g/mol. The van der Waals surface area contributed by atoms with Crippen molar-refractivity contribution >= 4 is 17.1 Å². The van der Waals surface area contributed by atoms with Gasteiger partial charge in [-0.1, -0.05) is 6.92 Å². The van der Waals surface area contributed by atoms with Gasteiger partial charge in [-0.05, 0) is 24.6 Å². The van der Waals surface area contributed by atoms with Gasteiger partial charge >= 0.3 is 0 Å². The van der Waals surface area contributed by atoms with Gasteiger partial charge in [0.15, 0.2) is 0 Å². The molecule has 0 fully saturated rings. The van der Waals surface area contributed by atoms with E-state index in [0.29, 0.717) is 11.4 Å². The monoisotopic (exact) mass is 165 g/mol. The van der Waals surface area contributed by atoms with Gasteiger partial charge in [-0.15, -0.1) is 0 Å².